The van der Waals surface area contributed by atoms with Crippen molar-refractivity contribution in [3.63, 3.8) is 0 Å². The average molecular weight is 434 g/mol. The van der Waals surface area contributed by atoms with Crippen molar-refractivity contribution < 1.29 is 27.9 Å². The number of hydrogen-bond donors (Lipinski definition) is 2. The second-order valence-electron chi connectivity index (χ2n) is 6.76. The van der Waals surface area contributed by atoms with Crippen LogP contribution in [0.4, 0.5) is 15.8 Å². The van der Waals surface area contributed by atoms with Gasteiger partial charge in [0.25, 0.3) is 11.8 Å². The Labute approximate surface area is 182 Å². The summed E-state index contributed by atoms with van der Waals surface area (Å²) < 4.78 is 30.2. The Morgan fingerprint density at radius 3 is 2.38 bits per heavy atom. The maximum absolute atomic E-state index is 14.0. The van der Waals surface area contributed by atoms with Gasteiger partial charge < -0.3 is 24.5 Å². The first-order valence-electron chi connectivity index (χ1n) is 9.62. The fourth-order valence-electron chi connectivity index (χ4n) is 3.24. The molecule has 0 aliphatic heterocycles. The second kappa shape index (κ2) is 8.81. The summed E-state index contributed by atoms with van der Waals surface area (Å²) >= 11 is 0. The van der Waals surface area contributed by atoms with Crippen molar-refractivity contribution in [1.82, 2.24) is 0 Å². The van der Waals surface area contributed by atoms with E-state index in [1.807, 2.05) is 0 Å². The van der Waals surface area contributed by atoms with E-state index in [1.165, 1.54) is 32.4 Å². The quantitative estimate of drug-likeness (QED) is 0.441. The predicted molar refractivity (Wildman–Crippen MR) is 118 cm³/mol. The van der Waals surface area contributed by atoms with E-state index in [9.17, 15) is 14.0 Å². The second-order valence-corrected chi connectivity index (χ2v) is 6.76. The Hall–Kier alpha value is -4.33. The lowest BCUT2D eigenvalue weighted by Crippen LogP contribution is -2.18. The molecule has 2 N–H and O–H groups in total. The minimum atomic E-state index is -0.705. The molecule has 162 valence electrons. The highest BCUT2D eigenvalue weighted by atomic mass is 19.1. The minimum Gasteiger partial charge on any atom is -0.497 e. The molecule has 1 heterocycles. The molecule has 2 amide bonds. The van der Waals surface area contributed by atoms with Gasteiger partial charge in [0.2, 0.25) is 5.76 Å². The highest BCUT2D eigenvalue weighted by molar-refractivity contribution is 6.17. The van der Waals surface area contributed by atoms with Crippen molar-refractivity contribution in [1.29, 1.82) is 0 Å². The molecule has 0 spiro atoms. The van der Waals surface area contributed by atoms with Crippen LogP contribution in [-0.2, 0) is 0 Å². The summed E-state index contributed by atoms with van der Waals surface area (Å²) in [6, 6.07) is 17.4. The van der Waals surface area contributed by atoms with Crippen molar-refractivity contribution in [3.05, 3.63) is 83.9 Å². The van der Waals surface area contributed by atoms with Gasteiger partial charge in [0.05, 0.1) is 25.5 Å². The van der Waals surface area contributed by atoms with Gasteiger partial charge in [-0.05, 0) is 36.4 Å². The van der Waals surface area contributed by atoms with Gasteiger partial charge in [-0.1, -0.05) is 24.3 Å². The van der Waals surface area contributed by atoms with Crippen LogP contribution in [0.15, 0.2) is 71.1 Å². The van der Waals surface area contributed by atoms with Crippen LogP contribution in [0, 0.1) is 5.82 Å². The van der Waals surface area contributed by atoms with E-state index in [-0.39, 0.29) is 22.7 Å². The fraction of sp³-hybridized carbons (Fsp3) is 0.0833. The number of carbonyl (C=O) groups is 2. The van der Waals surface area contributed by atoms with Gasteiger partial charge in [-0.25, -0.2) is 4.39 Å². The number of nitrogens with one attached hydrogen (secondary N) is 2. The maximum Gasteiger partial charge on any atom is 0.293 e. The Bertz CT molecular complexity index is 1310. The van der Waals surface area contributed by atoms with E-state index in [2.05, 4.69) is 10.6 Å². The average Bonchev–Trinajstić information content (AvgIpc) is 3.18. The molecule has 0 bridgehead atoms. The van der Waals surface area contributed by atoms with E-state index < -0.39 is 17.6 Å². The first kappa shape index (κ1) is 20.9. The molecule has 4 aromatic rings. The van der Waals surface area contributed by atoms with E-state index in [1.54, 1.807) is 48.5 Å². The molecule has 0 fully saturated rings. The normalized spacial score (nSPS) is 10.6. The van der Waals surface area contributed by atoms with Crippen LogP contribution in [0.2, 0.25) is 0 Å². The zero-order chi connectivity index (χ0) is 22.7. The Morgan fingerprint density at radius 1 is 0.875 bits per heavy atom. The van der Waals surface area contributed by atoms with Gasteiger partial charge >= 0.3 is 0 Å². The zero-order valence-corrected chi connectivity index (χ0v) is 17.3. The molecular formula is C24H19FN2O5. The Kier molecular flexibility index (Phi) is 5.76. The van der Waals surface area contributed by atoms with Crippen molar-refractivity contribution in [3.8, 4) is 11.5 Å². The van der Waals surface area contributed by atoms with E-state index in [0.29, 0.717) is 22.5 Å². The van der Waals surface area contributed by atoms with E-state index in [0.717, 1.165) is 0 Å². The van der Waals surface area contributed by atoms with Crippen molar-refractivity contribution >= 4 is 34.2 Å². The summed E-state index contributed by atoms with van der Waals surface area (Å²) in [4.78, 5) is 26.0. The molecule has 0 unspecified atom stereocenters. The number of benzene rings is 3. The molecule has 0 saturated heterocycles. The number of ether oxygens (including phenoxy) is 2. The number of carbonyl (C=O) groups excluding carboxylic acids is 2. The van der Waals surface area contributed by atoms with Crippen LogP contribution in [-0.4, -0.2) is 26.0 Å². The molecule has 4 rings (SSSR count). The van der Waals surface area contributed by atoms with Gasteiger partial charge in [-0.3, -0.25) is 9.59 Å². The number of furan rings is 1. The number of hydrogen-bond acceptors (Lipinski definition) is 5. The third-order valence-electron chi connectivity index (χ3n) is 4.82. The van der Waals surface area contributed by atoms with E-state index in [4.69, 9.17) is 13.9 Å². The Balaban J connectivity index is 1.72. The van der Waals surface area contributed by atoms with Crippen LogP contribution in [0.5, 0.6) is 11.5 Å². The molecule has 0 radical (unpaired) electrons. The highest BCUT2D eigenvalue weighted by Gasteiger charge is 2.24. The number of amides is 2. The molecule has 0 saturated carbocycles. The number of rotatable bonds is 6. The molecule has 3 aromatic carbocycles. The number of fused-ring (bicyclic) bond motifs is 1. The standard InChI is InChI=1S/C24H19FN2O5/c1-30-14-11-12-16(20(13-14)31-2)23(28)27-21-15-7-3-6-10-19(15)32-22(21)24(29)26-18-9-5-4-8-17(18)25/h3-13H,1-2H3,(H,26,29)(H,27,28). The van der Waals surface area contributed by atoms with Gasteiger partial charge in [0.15, 0.2) is 0 Å². The molecule has 0 atom stereocenters. The first-order valence-corrected chi connectivity index (χ1v) is 9.62. The van der Waals surface area contributed by atoms with Crippen molar-refractivity contribution in [2.75, 3.05) is 24.9 Å². The summed E-state index contributed by atoms with van der Waals surface area (Å²) in [6.45, 7) is 0. The summed E-state index contributed by atoms with van der Waals surface area (Å²) in [5, 5.41) is 5.73. The van der Waals surface area contributed by atoms with Gasteiger partial charge in [0, 0.05) is 11.5 Å². The molecule has 8 heteroatoms. The molecule has 7 nitrogen and oxygen atoms in total. The monoisotopic (exact) mass is 434 g/mol. The topological polar surface area (TPSA) is 89.8 Å². The lowest BCUT2D eigenvalue weighted by atomic mass is 10.1. The molecular weight excluding hydrogens is 415 g/mol. The third kappa shape index (κ3) is 3.98. The van der Waals surface area contributed by atoms with Gasteiger partial charge in [-0.15, -0.1) is 0 Å². The highest BCUT2D eigenvalue weighted by Crippen LogP contribution is 2.33. The minimum absolute atomic E-state index is 0.00736. The Morgan fingerprint density at radius 2 is 1.62 bits per heavy atom. The lowest BCUT2D eigenvalue weighted by molar-refractivity contribution is 0.0999. The van der Waals surface area contributed by atoms with Crippen LogP contribution in [0.1, 0.15) is 20.9 Å². The third-order valence-corrected chi connectivity index (χ3v) is 4.82. The van der Waals surface area contributed by atoms with Crippen LogP contribution in [0.3, 0.4) is 0 Å². The summed E-state index contributed by atoms with van der Waals surface area (Å²) in [6.07, 6.45) is 0. The number of anilines is 2. The fourth-order valence-corrected chi connectivity index (χ4v) is 3.24. The lowest BCUT2D eigenvalue weighted by Gasteiger charge is -2.11. The zero-order valence-electron chi connectivity index (χ0n) is 17.3. The summed E-state index contributed by atoms with van der Waals surface area (Å²) in [5.74, 6) is -1.15. The largest absolute Gasteiger partial charge is 0.497 e. The van der Waals surface area contributed by atoms with Crippen molar-refractivity contribution in [2.45, 2.75) is 0 Å². The molecule has 32 heavy (non-hydrogen) atoms. The van der Waals surface area contributed by atoms with E-state index >= 15 is 0 Å². The summed E-state index contributed by atoms with van der Waals surface area (Å²) in [5.41, 5.74) is 0.784. The van der Waals surface area contributed by atoms with Gasteiger partial charge in [-0.2, -0.15) is 0 Å². The number of methoxy groups -OCH3 is 2. The molecule has 0 aliphatic carbocycles. The number of halogens is 1. The molecule has 1 aromatic heterocycles. The maximum atomic E-state index is 14.0. The van der Waals surface area contributed by atoms with Crippen LogP contribution < -0.4 is 20.1 Å². The first-order chi connectivity index (χ1) is 15.5. The predicted octanol–water partition coefficient (Wildman–Crippen LogP) is 5.09. The SMILES string of the molecule is COc1ccc(C(=O)Nc2c(C(=O)Nc3ccccc3F)oc3ccccc23)c(OC)c1. The van der Waals surface area contributed by atoms with Crippen LogP contribution in [0.25, 0.3) is 11.0 Å². The summed E-state index contributed by atoms with van der Waals surface area (Å²) in [7, 11) is 2.94. The van der Waals surface area contributed by atoms with Gasteiger partial charge in [0.1, 0.15) is 28.6 Å². The molecule has 0 aliphatic rings. The van der Waals surface area contributed by atoms with Crippen LogP contribution >= 0.6 is 0 Å². The van der Waals surface area contributed by atoms with Crippen molar-refractivity contribution in [2.24, 2.45) is 0 Å². The smallest absolute Gasteiger partial charge is 0.293 e. The number of para-hydroxylation sites is 2.